The molecule has 8 heteroatoms. The number of nitrogens with zero attached hydrogens (tertiary/aromatic N) is 3. The molecule has 0 atom stereocenters. The molecule has 0 saturated heterocycles. The molecule has 2 aromatic carbocycles. The van der Waals surface area contributed by atoms with Crippen LogP contribution in [0.15, 0.2) is 47.3 Å². The maximum absolute atomic E-state index is 12.9. The summed E-state index contributed by atoms with van der Waals surface area (Å²) < 4.78 is 18.6. The molecule has 4 rings (SSSR count). The second-order valence-electron chi connectivity index (χ2n) is 7.12. The van der Waals surface area contributed by atoms with Crippen LogP contribution in [0, 0.1) is 0 Å². The zero-order chi connectivity index (χ0) is 22.5. The van der Waals surface area contributed by atoms with Crippen molar-refractivity contribution in [3.8, 4) is 28.6 Å². The van der Waals surface area contributed by atoms with Crippen LogP contribution in [0.25, 0.3) is 22.4 Å². The summed E-state index contributed by atoms with van der Waals surface area (Å²) in [6.45, 7) is 5.31. The Hall–Kier alpha value is -3.39. The third-order valence-corrected chi connectivity index (χ3v) is 5.81. The molecule has 0 amide bonds. The monoisotopic (exact) mass is 451 g/mol. The van der Waals surface area contributed by atoms with E-state index in [1.165, 1.54) is 15.9 Å². The van der Waals surface area contributed by atoms with Crippen LogP contribution in [0.2, 0.25) is 0 Å². The number of fused-ring (bicyclic) bond motifs is 1. The van der Waals surface area contributed by atoms with Gasteiger partial charge in [-0.05, 0) is 61.4 Å². The third kappa shape index (κ3) is 4.60. The molecule has 4 aromatic rings. The maximum atomic E-state index is 12.9. The van der Waals surface area contributed by atoms with Crippen molar-refractivity contribution in [2.24, 2.45) is 0 Å². The summed E-state index contributed by atoms with van der Waals surface area (Å²) >= 11 is 1.30. The largest absolute Gasteiger partial charge is 0.494 e. The second kappa shape index (κ2) is 9.82. The minimum atomic E-state index is -0.197. The van der Waals surface area contributed by atoms with Gasteiger partial charge >= 0.3 is 0 Å². The molecule has 0 bridgehead atoms. The highest BCUT2D eigenvalue weighted by atomic mass is 32.1. The zero-order valence-corrected chi connectivity index (χ0v) is 19.1. The first-order valence-electron chi connectivity index (χ1n) is 10.6. The van der Waals surface area contributed by atoms with Gasteiger partial charge in [-0.15, -0.1) is 5.10 Å². The van der Waals surface area contributed by atoms with Crippen molar-refractivity contribution in [2.75, 3.05) is 20.3 Å². The number of thiazole rings is 1. The van der Waals surface area contributed by atoms with Crippen LogP contribution in [-0.2, 0) is 0 Å². The summed E-state index contributed by atoms with van der Waals surface area (Å²) in [5.74, 6) is 2.64. The van der Waals surface area contributed by atoms with Gasteiger partial charge in [0.1, 0.15) is 5.75 Å². The highest BCUT2D eigenvalue weighted by molar-refractivity contribution is 7.15. The minimum Gasteiger partial charge on any atom is -0.494 e. The number of benzene rings is 2. The Balaban J connectivity index is 1.62. The highest BCUT2D eigenvalue weighted by Gasteiger charge is 2.12. The lowest BCUT2D eigenvalue weighted by Gasteiger charge is -2.10. The Morgan fingerprint density at radius 3 is 2.56 bits per heavy atom. The summed E-state index contributed by atoms with van der Waals surface area (Å²) in [6, 6.07) is 13.2. The van der Waals surface area contributed by atoms with Crippen molar-refractivity contribution < 1.29 is 14.2 Å². The van der Waals surface area contributed by atoms with Gasteiger partial charge in [0.2, 0.25) is 4.96 Å². The zero-order valence-electron chi connectivity index (χ0n) is 18.3. The summed E-state index contributed by atoms with van der Waals surface area (Å²) in [6.07, 6.45) is 3.87. The topological polar surface area (TPSA) is 75.0 Å². The molecular weight excluding hydrogens is 426 g/mol. The molecule has 0 spiro atoms. The first-order chi connectivity index (χ1) is 15.6. The number of unbranched alkanes of at least 4 members (excludes halogenated alkanes) is 1. The molecule has 0 aliphatic carbocycles. The van der Waals surface area contributed by atoms with Crippen molar-refractivity contribution in [1.29, 1.82) is 0 Å². The van der Waals surface area contributed by atoms with E-state index in [2.05, 4.69) is 17.0 Å². The van der Waals surface area contributed by atoms with Gasteiger partial charge in [0.25, 0.3) is 5.56 Å². The first kappa shape index (κ1) is 21.8. The number of hydrogen-bond donors (Lipinski definition) is 0. The Morgan fingerprint density at radius 2 is 1.88 bits per heavy atom. The lowest BCUT2D eigenvalue weighted by atomic mass is 10.2. The molecular formula is C24H25N3O4S. The van der Waals surface area contributed by atoms with Gasteiger partial charge in [-0.3, -0.25) is 4.79 Å². The SMILES string of the molecule is CCCCOc1ccc(C=c2sc3nc(-c4ccc(OCC)cc4)nn3c2=O)cc1OC. The average molecular weight is 452 g/mol. The molecule has 0 aliphatic heterocycles. The number of aromatic nitrogens is 3. The van der Waals surface area contributed by atoms with E-state index in [1.54, 1.807) is 7.11 Å². The predicted octanol–water partition coefficient (Wildman–Crippen LogP) is 3.95. The number of rotatable bonds is 9. The van der Waals surface area contributed by atoms with Crippen molar-refractivity contribution >= 4 is 22.4 Å². The molecule has 0 fully saturated rings. The number of hydrogen-bond acceptors (Lipinski definition) is 7. The van der Waals surface area contributed by atoms with Gasteiger partial charge in [0, 0.05) is 5.56 Å². The Kier molecular flexibility index (Phi) is 6.70. The van der Waals surface area contributed by atoms with E-state index < -0.39 is 0 Å². The molecule has 2 aromatic heterocycles. The standard InChI is InChI=1S/C24H25N3O4S/c1-4-6-13-31-19-12-7-16(14-20(19)29-3)15-21-23(28)27-24(32-21)25-22(26-27)17-8-10-18(11-9-17)30-5-2/h7-12,14-15H,4-6,13H2,1-3H3. The fourth-order valence-electron chi connectivity index (χ4n) is 3.19. The summed E-state index contributed by atoms with van der Waals surface area (Å²) in [5, 5.41) is 4.41. The molecule has 0 aliphatic rings. The number of ether oxygens (including phenoxy) is 3. The molecule has 32 heavy (non-hydrogen) atoms. The maximum Gasteiger partial charge on any atom is 0.291 e. The second-order valence-corrected chi connectivity index (χ2v) is 8.12. The Labute approximate surface area is 189 Å². The van der Waals surface area contributed by atoms with E-state index in [9.17, 15) is 4.79 Å². The van der Waals surface area contributed by atoms with Crippen molar-refractivity contribution in [1.82, 2.24) is 14.6 Å². The third-order valence-electron chi connectivity index (χ3n) is 4.85. The van der Waals surface area contributed by atoms with E-state index in [0.29, 0.717) is 40.0 Å². The van der Waals surface area contributed by atoms with Gasteiger partial charge in [-0.1, -0.05) is 30.7 Å². The van der Waals surface area contributed by atoms with Crippen molar-refractivity contribution in [2.45, 2.75) is 26.7 Å². The van der Waals surface area contributed by atoms with Gasteiger partial charge in [0.05, 0.1) is 24.9 Å². The van der Waals surface area contributed by atoms with Crippen LogP contribution in [0.5, 0.6) is 17.2 Å². The van der Waals surface area contributed by atoms with E-state index >= 15 is 0 Å². The first-order valence-corrected chi connectivity index (χ1v) is 11.4. The van der Waals surface area contributed by atoms with Crippen molar-refractivity contribution in [3.63, 3.8) is 0 Å². The van der Waals surface area contributed by atoms with Crippen LogP contribution in [0.4, 0.5) is 0 Å². The van der Waals surface area contributed by atoms with Crippen LogP contribution < -0.4 is 24.3 Å². The fraction of sp³-hybridized carbons (Fsp3) is 0.292. The minimum absolute atomic E-state index is 0.197. The molecule has 0 N–H and O–H groups in total. The van der Waals surface area contributed by atoms with Gasteiger partial charge in [-0.25, -0.2) is 0 Å². The van der Waals surface area contributed by atoms with Gasteiger partial charge < -0.3 is 14.2 Å². The highest BCUT2D eigenvalue weighted by Crippen LogP contribution is 2.28. The molecule has 7 nitrogen and oxygen atoms in total. The smallest absolute Gasteiger partial charge is 0.291 e. The molecule has 0 saturated carbocycles. The fourth-order valence-corrected chi connectivity index (χ4v) is 4.10. The molecule has 0 unspecified atom stereocenters. The van der Waals surface area contributed by atoms with E-state index in [4.69, 9.17) is 14.2 Å². The van der Waals surface area contributed by atoms with Crippen LogP contribution in [0.3, 0.4) is 0 Å². The number of methoxy groups -OCH3 is 1. The Bertz CT molecular complexity index is 1310. The van der Waals surface area contributed by atoms with Gasteiger partial charge in [-0.2, -0.15) is 9.50 Å². The summed E-state index contributed by atoms with van der Waals surface area (Å²) in [4.78, 5) is 18.0. The normalized spacial score (nSPS) is 11.8. The summed E-state index contributed by atoms with van der Waals surface area (Å²) in [5.41, 5.74) is 1.48. The van der Waals surface area contributed by atoms with Crippen molar-refractivity contribution in [3.05, 3.63) is 62.9 Å². The van der Waals surface area contributed by atoms with E-state index in [1.807, 2.05) is 55.5 Å². The summed E-state index contributed by atoms with van der Waals surface area (Å²) in [7, 11) is 1.61. The molecule has 166 valence electrons. The average Bonchev–Trinajstić information content (AvgIpc) is 3.35. The van der Waals surface area contributed by atoms with E-state index in [-0.39, 0.29) is 5.56 Å². The van der Waals surface area contributed by atoms with Crippen LogP contribution in [-0.4, -0.2) is 34.9 Å². The van der Waals surface area contributed by atoms with E-state index in [0.717, 1.165) is 29.7 Å². The quantitative estimate of drug-likeness (QED) is 0.359. The molecule has 0 radical (unpaired) electrons. The Morgan fingerprint density at radius 1 is 1.06 bits per heavy atom. The lowest BCUT2D eigenvalue weighted by molar-refractivity contribution is 0.288. The van der Waals surface area contributed by atoms with Gasteiger partial charge in [0.15, 0.2) is 17.3 Å². The van der Waals surface area contributed by atoms with Crippen LogP contribution >= 0.6 is 11.3 Å². The molecule has 2 heterocycles. The lowest BCUT2D eigenvalue weighted by Crippen LogP contribution is -2.23. The predicted molar refractivity (Wildman–Crippen MR) is 126 cm³/mol. The van der Waals surface area contributed by atoms with Crippen LogP contribution in [0.1, 0.15) is 32.3 Å².